The van der Waals surface area contributed by atoms with Crippen LogP contribution in [0.15, 0.2) is 29.4 Å². The number of H-pyrrole nitrogens is 1. The van der Waals surface area contributed by atoms with Gasteiger partial charge in [-0.15, -0.1) is 0 Å². The monoisotopic (exact) mass is 312 g/mol. The summed E-state index contributed by atoms with van der Waals surface area (Å²) in [4.78, 5) is 12.1. The highest BCUT2D eigenvalue weighted by atomic mass is 16.3. The van der Waals surface area contributed by atoms with E-state index >= 15 is 0 Å². The lowest BCUT2D eigenvalue weighted by Gasteiger charge is -2.10. The molecule has 6 nitrogen and oxygen atoms in total. The number of nitrogens with zero attached hydrogens (tertiary/aromatic N) is 2. The van der Waals surface area contributed by atoms with Gasteiger partial charge in [-0.25, -0.2) is 5.43 Å². The Kier molecular flexibility index (Phi) is 4.71. The third-order valence-electron chi connectivity index (χ3n) is 4.03. The smallest absolute Gasteiger partial charge is 0.292 e. The van der Waals surface area contributed by atoms with Crippen LogP contribution >= 0.6 is 0 Å². The number of aromatic nitrogens is 2. The Labute approximate surface area is 134 Å². The van der Waals surface area contributed by atoms with Gasteiger partial charge >= 0.3 is 0 Å². The first-order chi connectivity index (χ1) is 11.2. The van der Waals surface area contributed by atoms with Crippen LogP contribution in [-0.2, 0) is 19.3 Å². The minimum absolute atomic E-state index is 0.259. The molecule has 0 radical (unpaired) electrons. The van der Waals surface area contributed by atoms with Crippen molar-refractivity contribution in [2.24, 2.45) is 5.10 Å². The molecule has 3 rings (SSSR count). The van der Waals surface area contributed by atoms with Crippen molar-refractivity contribution in [3.63, 3.8) is 0 Å². The molecule has 1 aliphatic carbocycles. The van der Waals surface area contributed by atoms with Crippen molar-refractivity contribution in [3.8, 4) is 5.75 Å². The summed E-state index contributed by atoms with van der Waals surface area (Å²) in [7, 11) is 0. The lowest BCUT2D eigenvalue weighted by atomic mass is 9.96. The molecular weight excluding hydrogens is 292 g/mol. The minimum Gasteiger partial charge on any atom is -0.508 e. The number of carbonyl (C=O) groups is 1. The van der Waals surface area contributed by atoms with Gasteiger partial charge in [-0.05, 0) is 56.2 Å². The number of hydrogen-bond acceptors (Lipinski definition) is 4. The molecule has 0 bridgehead atoms. The van der Waals surface area contributed by atoms with Crippen LogP contribution in [0.2, 0.25) is 0 Å². The highest BCUT2D eigenvalue weighted by Crippen LogP contribution is 2.21. The summed E-state index contributed by atoms with van der Waals surface area (Å²) in [6, 6.07) is 7.07. The van der Waals surface area contributed by atoms with Crippen LogP contribution in [0.3, 0.4) is 0 Å². The van der Waals surface area contributed by atoms with E-state index in [2.05, 4.69) is 20.7 Å². The number of aromatic amines is 1. The second-order valence-electron chi connectivity index (χ2n) is 5.69. The van der Waals surface area contributed by atoms with Crippen molar-refractivity contribution in [2.45, 2.75) is 38.5 Å². The van der Waals surface area contributed by atoms with Crippen molar-refractivity contribution >= 4 is 12.1 Å². The average molecular weight is 312 g/mol. The summed E-state index contributed by atoms with van der Waals surface area (Å²) in [5.41, 5.74) is 6.24. The van der Waals surface area contributed by atoms with Gasteiger partial charge in [0.15, 0.2) is 5.69 Å². The van der Waals surface area contributed by atoms with Gasteiger partial charge in [-0.1, -0.05) is 12.1 Å². The molecule has 0 saturated heterocycles. The number of phenols is 1. The van der Waals surface area contributed by atoms with E-state index in [1.54, 1.807) is 18.3 Å². The van der Waals surface area contributed by atoms with E-state index in [-0.39, 0.29) is 11.7 Å². The second kappa shape index (κ2) is 7.09. The summed E-state index contributed by atoms with van der Waals surface area (Å²) < 4.78 is 0. The van der Waals surface area contributed by atoms with Crippen molar-refractivity contribution in [1.82, 2.24) is 15.6 Å². The summed E-state index contributed by atoms with van der Waals surface area (Å²) in [6.07, 6.45) is 7.31. The molecule has 6 heteroatoms. The number of benzene rings is 1. The SMILES string of the molecule is O=C(N/N=C/CCc1ccc(O)cc1)c1n[nH]c2c1CCCC2. The molecule has 23 heavy (non-hydrogen) atoms. The molecule has 1 aromatic heterocycles. The molecule has 120 valence electrons. The number of nitrogens with one attached hydrogen (secondary N) is 2. The van der Waals surface area contributed by atoms with Crippen molar-refractivity contribution in [3.05, 3.63) is 46.8 Å². The normalized spacial score (nSPS) is 13.9. The quantitative estimate of drug-likeness (QED) is 0.584. The number of carbonyl (C=O) groups excluding carboxylic acids is 1. The molecule has 1 aliphatic rings. The molecule has 0 atom stereocenters. The first kappa shape index (κ1) is 15.3. The molecule has 1 heterocycles. The summed E-state index contributed by atoms with van der Waals surface area (Å²) in [6.45, 7) is 0. The predicted molar refractivity (Wildman–Crippen MR) is 87.6 cm³/mol. The van der Waals surface area contributed by atoms with Crippen LogP contribution in [-0.4, -0.2) is 27.4 Å². The van der Waals surface area contributed by atoms with Gasteiger partial charge in [0.2, 0.25) is 0 Å². The zero-order valence-electron chi connectivity index (χ0n) is 12.9. The maximum atomic E-state index is 12.1. The van der Waals surface area contributed by atoms with E-state index in [0.717, 1.165) is 48.9 Å². The minimum atomic E-state index is -0.259. The van der Waals surface area contributed by atoms with Crippen LogP contribution in [0.5, 0.6) is 5.75 Å². The Balaban J connectivity index is 1.49. The first-order valence-corrected chi connectivity index (χ1v) is 7.90. The van der Waals surface area contributed by atoms with Gasteiger partial charge < -0.3 is 5.11 Å². The van der Waals surface area contributed by atoms with Crippen molar-refractivity contribution < 1.29 is 9.90 Å². The third kappa shape index (κ3) is 3.77. The van der Waals surface area contributed by atoms with Gasteiger partial charge in [0, 0.05) is 17.5 Å². The van der Waals surface area contributed by atoms with Gasteiger partial charge in [-0.2, -0.15) is 10.2 Å². The first-order valence-electron chi connectivity index (χ1n) is 7.90. The summed E-state index contributed by atoms with van der Waals surface area (Å²) in [5, 5.41) is 20.3. The standard InChI is InChI=1S/C17H20N4O2/c22-13-9-7-12(8-10-13)4-3-11-18-21-17(23)16-14-5-1-2-6-15(14)19-20-16/h7-11,22H,1-6H2,(H,19,20)(H,21,23)/b18-11+. The Morgan fingerprint density at radius 3 is 2.91 bits per heavy atom. The number of hydrazone groups is 1. The van der Waals surface area contributed by atoms with Crippen LogP contribution < -0.4 is 5.43 Å². The van der Waals surface area contributed by atoms with Gasteiger partial charge in [0.25, 0.3) is 5.91 Å². The zero-order valence-corrected chi connectivity index (χ0v) is 12.9. The highest BCUT2D eigenvalue weighted by Gasteiger charge is 2.21. The van der Waals surface area contributed by atoms with Gasteiger partial charge in [-0.3, -0.25) is 9.89 Å². The summed E-state index contributed by atoms with van der Waals surface area (Å²) in [5.74, 6) is 0.00213. The topological polar surface area (TPSA) is 90.4 Å². The Morgan fingerprint density at radius 2 is 2.09 bits per heavy atom. The number of amides is 1. The molecule has 1 amide bonds. The largest absolute Gasteiger partial charge is 0.508 e. The number of aryl methyl sites for hydroxylation is 2. The fraction of sp³-hybridized carbons (Fsp3) is 0.353. The predicted octanol–water partition coefficient (Wildman–Crippen LogP) is 2.34. The molecule has 0 saturated carbocycles. The summed E-state index contributed by atoms with van der Waals surface area (Å²) >= 11 is 0. The zero-order chi connectivity index (χ0) is 16.1. The number of rotatable bonds is 5. The van der Waals surface area contributed by atoms with Gasteiger partial charge in [0.05, 0.1) is 0 Å². The Morgan fingerprint density at radius 1 is 1.30 bits per heavy atom. The molecule has 3 N–H and O–H groups in total. The van der Waals surface area contributed by atoms with E-state index in [1.807, 2.05) is 12.1 Å². The Hall–Kier alpha value is -2.63. The maximum Gasteiger partial charge on any atom is 0.292 e. The number of fused-ring (bicyclic) bond motifs is 1. The van der Waals surface area contributed by atoms with Crippen molar-refractivity contribution in [1.29, 1.82) is 0 Å². The van der Waals surface area contributed by atoms with E-state index in [0.29, 0.717) is 12.1 Å². The molecule has 0 unspecified atom stereocenters. The van der Waals surface area contributed by atoms with E-state index in [1.165, 1.54) is 0 Å². The van der Waals surface area contributed by atoms with E-state index in [4.69, 9.17) is 0 Å². The molecule has 0 aliphatic heterocycles. The second-order valence-corrected chi connectivity index (χ2v) is 5.69. The number of hydrogen-bond donors (Lipinski definition) is 3. The number of phenolic OH excluding ortho intramolecular Hbond substituents is 1. The van der Waals surface area contributed by atoms with Crippen LogP contribution in [0.4, 0.5) is 0 Å². The molecular formula is C17H20N4O2. The van der Waals surface area contributed by atoms with Crippen molar-refractivity contribution in [2.75, 3.05) is 0 Å². The molecule has 1 aromatic carbocycles. The number of aromatic hydroxyl groups is 1. The lowest BCUT2D eigenvalue weighted by molar-refractivity contribution is 0.0949. The molecule has 0 fully saturated rings. The van der Waals surface area contributed by atoms with E-state index in [9.17, 15) is 9.90 Å². The van der Waals surface area contributed by atoms with E-state index < -0.39 is 0 Å². The fourth-order valence-electron chi connectivity index (χ4n) is 2.78. The average Bonchev–Trinajstić information content (AvgIpc) is 3.00. The van der Waals surface area contributed by atoms with Crippen LogP contribution in [0.25, 0.3) is 0 Å². The van der Waals surface area contributed by atoms with Crippen LogP contribution in [0.1, 0.15) is 46.6 Å². The lowest BCUT2D eigenvalue weighted by Crippen LogP contribution is -2.20. The fourth-order valence-corrected chi connectivity index (χ4v) is 2.78. The molecule has 0 spiro atoms. The van der Waals surface area contributed by atoms with Gasteiger partial charge in [0.1, 0.15) is 5.75 Å². The Bertz CT molecular complexity index is 704. The maximum absolute atomic E-state index is 12.1. The highest BCUT2D eigenvalue weighted by molar-refractivity contribution is 5.94. The third-order valence-corrected chi connectivity index (χ3v) is 4.03. The molecule has 2 aromatic rings. The van der Waals surface area contributed by atoms with Crippen LogP contribution in [0, 0.1) is 0 Å².